The van der Waals surface area contributed by atoms with E-state index in [2.05, 4.69) is 4.98 Å². The highest BCUT2D eigenvalue weighted by Crippen LogP contribution is 2.53. The fourth-order valence-corrected chi connectivity index (χ4v) is 4.56. The highest BCUT2D eigenvalue weighted by molar-refractivity contribution is 5.72. The fourth-order valence-electron chi connectivity index (χ4n) is 4.56. The van der Waals surface area contributed by atoms with E-state index in [4.69, 9.17) is 0 Å². The Morgan fingerprint density at radius 2 is 1.96 bits per heavy atom. The molecular formula is C20H20F4N2O. The van der Waals surface area contributed by atoms with Crippen molar-refractivity contribution in [1.29, 1.82) is 0 Å². The summed E-state index contributed by atoms with van der Waals surface area (Å²) >= 11 is 0. The van der Waals surface area contributed by atoms with Gasteiger partial charge in [-0.15, -0.1) is 0 Å². The summed E-state index contributed by atoms with van der Waals surface area (Å²) in [6.07, 6.45) is -1.81. The van der Waals surface area contributed by atoms with Crippen molar-refractivity contribution in [2.75, 3.05) is 0 Å². The van der Waals surface area contributed by atoms with Gasteiger partial charge in [-0.25, -0.2) is 9.37 Å². The minimum absolute atomic E-state index is 0.334. The number of fused-ring (bicyclic) bond motifs is 2. The molecule has 0 bridgehead atoms. The molecule has 0 amide bonds. The molecule has 1 aromatic heterocycles. The molecule has 3 nitrogen and oxygen atoms in total. The number of aliphatic hydroxyl groups excluding tert-OH is 1. The third kappa shape index (κ3) is 2.98. The molecule has 1 N–H and O–H groups in total. The second kappa shape index (κ2) is 6.19. The van der Waals surface area contributed by atoms with Crippen LogP contribution in [0.5, 0.6) is 0 Å². The van der Waals surface area contributed by atoms with Crippen molar-refractivity contribution in [1.82, 2.24) is 9.55 Å². The van der Waals surface area contributed by atoms with Crippen molar-refractivity contribution < 1.29 is 22.7 Å². The van der Waals surface area contributed by atoms with Gasteiger partial charge in [0.05, 0.1) is 17.7 Å². The lowest BCUT2D eigenvalue weighted by Gasteiger charge is -2.48. The topological polar surface area (TPSA) is 38.0 Å². The SMILES string of the molecule is C[C@]12Cn3cnc(-c4ccc(F)cc4)c3C=C1CCC[C@@H]2[C@H](O)C(F)(F)F. The molecule has 0 saturated heterocycles. The molecule has 7 heteroatoms. The van der Waals surface area contributed by atoms with Crippen molar-refractivity contribution in [2.45, 2.75) is 45.0 Å². The van der Waals surface area contributed by atoms with Crippen LogP contribution in [0.15, 0.2) is 36.2 Å². The van der Waals surface area contributed by atoms with Crippen LogP contribution in [-0.4, -0.2) is 26.9 Å². The highest BCUT2D eigenvalue weighted by Gasteiger charge is 2.53. The van der Waals surface area contributed by atoms with Crippen LogP contribution in [0.2, 0.25) is 0 Å². The van der Waals surface area contributed by atoms with E-state index in [1.165, 1.54) is 12.1 Å². The summed E-state index contributed by atoms with van der Waals surface area (Å²) in [4.78, 5) is 4.42. The van der Waals surface area contributed by atoms with Crippen molar-refractivity contribution in [3.8, 4) is 11.3 Å². The summed E-state index contributed by atoms with van der Waals surface area (Å²) in [5, 5.41) is 9.96. The number of rotatable bonds is 2. The molecule has 144 valence electrons. The van der Waals surface area contributed by atoms with Crippen LogP contribution < -0.4 is 0 Å². The zero-order chi connectivity index (χ0) is 19.4. The lowest BCUT2D eigenvalue weighted by Crippen LogP contribution is -2.49. The molecule has 3 atom stereocenters. The standard InChI is InChI=1S/C20H20F4N2O/c1-19-10-26-11-25-17(12-5-7-14(21)8-6-12)16(26)9-13(19)3-2-4-15(19)18(27)20(22,23)24/h5-9,11,15,18,27H,2-4,10H2,1H3/t15-,18+,19+/m1/s1. The third-order valence-corrected chi connectivity index (χ3v) is 6.04. The molecule has 1 aromatic carbocycles. The number of alkyl halides is 3. The van der Waals surface area contributed by atoms with Crippen LogP contribution in [0, 0.1) is 17.2 Å². The van der Waals surface area contributed by atoms with E-state index in [0.29, 0.717) is 31.5 Å². The summed E-state index contributed by atoms with van der Waals surface area (Å²) < 4.78 is 54.6. The predicted molar refractivity (Wildman–Crippen MR) is 93.1 cm³/mol. The Kier molecular flexibility index (Phi) is 4.18. The minimum atomic E-state index is -4.63. The minimum Gasteiger partial charge on any atom is -0.383 e. The largest absolute Gasteiger partial charge is 0.414 e. The molecule has 1 saturated carbocycles. The van der Waals surface area contributed by atoms with Gasteiger partial charge in [0, 0.05) is 23.4 Å². The number of nitrogens with zero attached hydrogens (tertiary/aromatic N) is 2. The second-order valence-corrected chi connectivity index (χ2v) is 7.69. The number of hydrogen-bond acceptors (Lipinski definition) is 2. The van der Waals surface area contributed by atoms with Gasteiger partial charge in [0.15, 0.2) is 6.10 Å². The van der Waals surface area contributed by atoms with Gasteiger partial charge in [-0.2, -0.15) is 13.2 Å². The van der Waals surface area contributed by atoms with E-state index in [1.54, 1.807) is 25.4 Å². The Morgan fingerprint density at radius 3 is 2.63 bits per heavy atom. The Hall–Kier alpha value is -2.15. The first-order valence-electron chi connectivity index (χ1n) is 8.97. The number of imidazole rings is 1. The third-order valence-electron chi connectivity index (χ3n) is 6.04. The van der Waals surface area contributed by atoms with Gasteiger partial charge < -0.3 is 9.67 Å². The summed E-state index contributed by atoms with van der Waals surface area (Å²) in [7, 11) is 0. The monoisotopic (exact) mass is 380 g/mol. The fraction of sp³-hybridized carbons (Fsp3) is 0.450. The molecule has 4 rings (SSSR count). The number of hydrogen-bond donors (Lipinski definition) is 1. The van der Waals surface area contributed by atoms with Gasteiger partial charge in [0.1, 0.15) is 5.82 Å². The van der Waals surface area contributed by atoms with E-state index in [-0.39, 0.29) is 5.82 Å². The van der Waals surface area contributed by atoms with E-state index in [1.807, 2.05) is 10.6 Å². The molecule has 27 heavy (non-hydrogen) atoms. The highest BCUT2D eigenvalue weighted by atomic mass is 19.4. The molecule has 2 aliphatic rings. The van der Waals surface area contributed by atoms with Crippen molar-refractivity contribution in [2.24, 2.45) is 11.3 Å². The van der Waals surface area contributed by atoms with Gasteiger partial charge in [0.25, 0.3) is 0 Å². The number of allylic oxidation sites excluding steroid dienone is 1. The quantitative estimate of drug-likeness (QED) is 0.759. The summed E-state index contributed by atoms with van der Waals surface area (Å²) in [6, 6.07) is 6.00. The number of benzene rings is 1. The zero-order valence-corrected chi connectivity index (χ0v) is 14.8. The molecule has 1 aliphatic heterocycles. The van der Waals surface area contributed by atoms with E-state index < -0.39 is 23.6 Å². The zero-order valence-electron chi connectivity index (χ0n) is 14.8. The van der Waals surface area contributed by atoms with Crippen LogP contribution in [0.1, 0.15) is 31.9 Å². The van der Waals surface area contributed by atoms with Crippen molar-refractivity contribution >= 4 is 6.08 Å². The van der Waals surface area contributed by atoms with Crippen LogP contribution in [-0.2, 0) is 6.54 Å². The lowest BCUT2D eigenvalue weighted by atomic mass is 9.61. The number of aliphatic hydroxyl groups is 1. The lowest BCUT2D eigenvalue weighted by molar-refractivity contribution is -0.232. The average molecular weight is 380 g/mol. The van der Waals surface area contributed by atoms with E-state index >= 15 is 0 Å². The summed E-state index contributed by atoms with van der Waals surface area (Å²) in [5.74, 6) is -1.23. The van der Waals surface area contributed by atoms with Gasteiger partial charge in [-0.3, -0.25) is 0 Å². The van der Waals surface area contributed by atoms with Crippen LogP contribution in [0.3, 0.4) is 0 Å². The Labute approximate surface area is 154 Å². The molecule has 1 fully saturated rings. The molecule has 2 heterocycles. The Bertz CT molecular complexity index is 884. The first-order valence-corrected chi connectivity index (χ1v) is 8.97. The predicted octanol–water partition coefficient (Wildman–Crippen LogP) is 4.82. The maximum Gasteiger partial charge on any atom is 0.414 e. The summed E-state index contributed by atoms with van der Waals surface area (Å²) in [5.41, 5.74) is 2.40. The molecule has 0 spiro atoms. The Morgan fingerprint density at radius 1 is 1.26 bits per heavy atom. The van der Waals surface area contributed by atoms with Crippen molar-refractivity contribution in [3.63, 3.8) is 0 Å². The normalized spacial score (nSPS) is 26.1. The van der Waals surface area contributed by atoms with Crippen LogP contribution >= 0.6 is 0 Å². The van der Waals surface area contributed by atoms with Gasteiger partial charge in [0.2, 0.25) is 0 Å². The first kappa shape index (κ1) is 18.2. The molecule has 0 unspecified atom stereocenters. The smallest absolute Gasteiger partial charge is 0.383 e. The van der Waals surface area contributed by atoms with Crippen molar-refractivity contribution in [3.05, 3.63) is 47.7 Å². The number of aromatic nitrogens is 2. The van der Waals surface area contributed by atoms with Gasteiger partial charge >= 0.3 is 6.18 Å². The summed E-state index contributed by atoms with van der Waals surface area (Å²) in [6.45, 7) is 2.14. The van der Waals surface area contributed by atoms with Crippen LogP contribution in [0.25, 0.3) is 17.3 Å². The molecule has 1 aliphatic carbocycles. The maximum atomic E-state index is 13.2. The molecular weight excluding hydrogens is 360 g/mol. The van der Waals surface area contributed by atoms with Crippen LogP contribution in [0.4, 0.5) is 17.6 Å². The Balaban J connectivity index is 1.74. The maximum absolute atomic E-state index is 13.2. The average Bonchev–Trinajstić information content (AvgIpc) is 3.00. The second-order valence-electron chi connectivity index (χ2n) is 7.69. The first-order chi connectivity index (χ1) is 12.7. The van der Waals surface area contributed by atoms with E-state index in [9.17, 15) is 22.7 Å². The van der Waals surface area contributed by atoms with E-state index in [0.717, 1.165) is 16.8 Å². The molecule has 0 radical (unpaired) electrons. The van der Waals surface area contributed by atoms with Gasteiger partial charge in [-0.05, 0) is 49.6 Å². The van der Waals surface area contributed by atoms with Gasteiger partial charge in [-0.1, -0.05) is 12.5 Å². The molecule has 2 aromatic rings. The number of halogens is 4.